The lowest BCUT2D eigenvalue weighted by atomic mass is 9.76. The number of hydrogen-bond donors (Lipinski definition) is 1. The van der Waals surface area contributed by atoms with E-state index >= 15 is 0 Å². The lowest BCUT2D eigenvalue weighted by molar-refractivity contribution is -0.146. The zero-order chi connectivity index (χ0) is 22.2. The van der Waals surface area contributed by atoms with Crippen LogP contribution in [0.3, 0.4) is 0 Å². The van der Waals surface area contributed by atoms with Crippen LogP contribution in [0, 0.1) is 17.8 Å². The van der Waals surface area contributed by atoms with E-state index in [1.165, 1.54) is 6.21 Å². The number of carbonyl (C=O) groups is 1. The third-order valence-corrected chi connectivity index (χ3v) is 6.44. The number of piperidine rings is 1. The minimum absolute atomic E-state index is 0.00499. The maximum Gasteiger partial charge on any atom is 0.407 e. The number of fused-ring (bicyclic) bond motifs is 1. The topological polar surface area (TPSA) is 69.5 Å². The van der Waals surface area contributed by atoms with Gasteiger partial charge >= 0.3 is 6.18 Å². The van der Waals surface area contributed by atoms with E-state index in [0.717, 1.165) is 11.4 Å². The Morgan fingerprint density at radius 2 is 2.06 bits per heavy atom. The number of amides is 1. The van der Waals surface area contributed by atoms with Gasteiger partial charge in [0.05, 0.1) is 24.7 Å². The number of allylic oxidation sites excluding steroid dienone is 1. The molecule has 1 N–H and O–H groups in total. The molecule has 0 spiro atoms. The molecular weight excluding hydrogens is 418 g/mol. The Bertz CT molecular complexity index is 771. The zero-order valence-electron chi connectivity index (χ0n) is 17.3. The van der Waals surface area contributed by atoms with Gasteiger partial charge in [0.25, 0.3) is 0 Å². The monoisotopic (exact) mass is 445 g/mol. The van der Waals surface area contributed by atoms with Crippen LogP contribution in [-0.4, -0.2) is 85.5 Å². The van der Waals surface area contributed by atoms with E-state index in [1.807, 2.05) is 13.1 Å². The quantitative estimate of drug-likeness (QED) is 0.635. The molecule has 0 radical (unpaired) electrons. The summed E-state index contributed by atoms with van der Waals surface area (Å²) in [6.45, 7) is 0.862. The molecule has 0 aromatic heterocycles. The van der Waals surface area contributed by atoms with Crippen molar-refractivity contribution in [1.82, 2.24) is 15.2 Å². The average molecular weight is 445 g/mol. The number of likely N-dealkylation sites (tertiary alicyclic amines) is 1. The Morgan fingerprint density at radius 1 is 1.26 bits per heavy atom. The Kier molecular flexibility index (Phi) is 6.23. The predicted molar refractivity (Wildman–Crippen MR) is 106 cm³/mol. The molecule has 4 aliphatic rings. The first-order valence-corrected chi connectivity index (χ1v) is 10.6. The normalized spacial score (nSPS) is 35.5. The second kappa shape index (κ2) is 8.76. The molecule has 0 aromatic carbocycles. The van der Waals surface area contributed by atoms with Crippen LogP contribution in [0.2, 0.25) is 0 Å². The molecule has 7 nitrogen and oxygen atoms in total. The first-order valence-electron chi connectivity index (χ1n) is 10.6. The van der Waals surface area contributed by atoms with E-state index in [4.69, 9.17) is 4.74 Å². The first-order chi connectivity index (χ1) is 14.7. The minimum Gasteiger partial charge on any atom is -0.494 e. The SMILES string of the molecule is CC1CC(C2C=NC=C(OCCF)C2)NC2CN(C3C=NN(CC(F)(F)F)C3)C(=O)C12. The van der Waals surface area contributed by atoms with Crippen LogP contribution in [0.4, 0.5) is 17.6 Å². The van der Waals surface area contributed by atoms with Gasteiger partial charge in [0.15, 0.2) is 0 Å². The second-order valence-corrected chi connectivity index (χ2v) is 8.70. The summed E-state index contributed by atoms with van der Waals surface area (Å²) in [7, 11) is 0. The minimum atomic E-state index is -4.33. The van der Waals surface area contributed by atoms with Gasteiger partial charge in [-0.05, 0) is 12.3 Å². The Balaban J connectivity index is 1.37. The number of hydrogen-bond acceptors (Lipinski definition) is 6. The number of aliphatic imine (C=N–C) groups is 1. The average Bonchev–Trinajstić information content (AvgIpc) is 3.29. The van der Waals surface area contributed by atoms with Gasteiger partial charge in [-0.25, -0.2) is 4.39 Å². The van der Waals surface area contributed by atoms with Crippen molar-refractivity contribution in [1.29, 1.82) is 0 Å². The van der Waals surface area contributed by atoms with Gasteiger partial charge in [-0.2, -0.15) is 18.3 Å². The van der Waals surface area contributed by atoms with Crippen molar-refractivity contribution in [2.75, 3.05) is 32.9 Å². The maximum atomic E-state index is 13.1. The van der Waals surface area contributed by atoms with Crippen molar-refractivity contribution in [3.8, 4) is 0 Å². The Morgan fingerprint density at radius 3 is 2.81 bits per heavy atom. The third-order valence-electron chi connectivity index (χ3n) is 6.44. The predicted octanol–water partition coefficient (Wildman–Crippen LogP) is 1.96. The van der Waals surface area contributed by atoms with Crippen LogP contribution in [0.15, 0.2) is 22.1 Å². The molecule has 0 bridgehead atoms. The fourth-order valence-electron chi connectivity index (χ4n) is 5.12. The molecule has 4 heterocycles. The number of ether oxygens (including phenoxy) is 1. The fraction of sp³-hybridized carbons (Fsp3) is 0.750. The summed E-state index contributed by atoms with van der Waals surface area (Å²) in [4.78, 5) is 19.0. The molecule has 2 fully saturated rings. The van der Waals surface area contributed by atoms with E-state index in [1.54, 1.807) is 11.1 Å². The maximum absolute atomic E-state index is 13.1. The summed E-state index contributed by atoms with van der Waals surface area (Å²) in [5.41, 5.74) is 0. The van der Waals surface area contributed by atoms with Crippen LogP contribution in [0.1, 0.15) is 19.8 Å². The highest BCUT2D eigenvalue weighted by Crippen LogP contribution is 2.37. The largest absolute Gasteiger partial charge is 0.494 e. The van der Waals surface area contributed by atoms with Crippen molar-refractivity contribution >= 4 is 18.3 Å². The standard InChI is InChI=1S/C20H27F4N5O2/c1-12-4-16(13-5-15(8-25-6-13)31-3-2-21)27-17-10-29(19(30)18(12)17)14-7-26-28(9-14)11-20(22,23)24/h6-8,12-14,16-18,27H,2-5,9-11H2,1H3. The number of hydrazone groups is 1. The van der Waals surface area contributed by atoms with E-state index in [2.05, 4.69) is 15.4 Å². The van der Waals surface area contributed by atoms with Crippen molar-refractivity contribution in [2.45, 2.75) is 44.1 Å². The number of carbonyl (C=O) groups excluding carboxylic acids is 1. The molecule has 11 heteroatoms. The first kappa shape index (κ1) is 22.0. The molecule has 4 rings (SSSR count). The van der Waals surface area contributed by atoms with Crippen molar-refractivity contribution in [2.24, 2.45) is 27.8 Å². The summed E-state index contributed by atoms with van der Waals surface area (Å²) >= 11 is 0. The number of rotatable bonds is 6. The number of alkyl halides is 4. The molecule has 6 atom stereocenters. The van der Waals surface area contributed by atoms with Crippen molar-refractivity contribution < 1.29 is 27.1 Å². The van der Waals surface area contributed by atoms with E-state index < -0.39 is 25.4 Å². The molecule has 0 saturated carbocycles. The van der Waals surface area contributed by atoms with E-state index in [-0.39, 0.29) is 48.9 Å². The van der Waals surface area contributed by atoms with Gasteiger partial charge in [-0.15, -0.1) is 0 Å². The Labute approximate surface area is 178 Å². The summed E-state index contributed by atoms with van der Waals surface area (Å²) in [6, 6.07) is -0.446. The van der Waals surface area contributed by atoms with Gasteiger partial charge in [-0.1, -0.05) is 6.92 Å². The zero-order valence-corrected chi connectivity index (χ0v) is 17.3. The van der Waals surface area contributed by atoms with Crippen molar-refractivity contribution in [3.63, 3.8) is 0 Å². The molecule has 0 aliphatic carbocycles. The van der Waals surface area contributed by atoms with E-state index in [0.29, 0.717) is 18.7 Å². The van der Waals surface area contributed by atoms with Gasteiger partial charge in [-0.3, -0.25) is 14.8 Å². The number of halogens is 4. The number of nitrogens with one attached hydrogen (secondary N) is 1. The molecule has 31 heavy (non-hydrogen) atoms. The molecule has 172 valence electrons. The highest BCUT2D eigenvalue weighted by Gasteiger charge is 2.50. The molecule has 0 aromatic rings. The van der Waals surface area contributed by atoms with Gasteiger partial charge in [0, 0.05) is 43.4 Å². The lowest BCUT2D eigenvalue weighted by Gasteiger charge is -2.39. The van der Waals surface area contributed by atoms with Crippen LogP contribution in [-0.2, 0) is 9.53 Å². The number of nitrogens with zero attached hydrogens (tertiary/aromatic N) is 4. The molecule has 2 saturated heterocycles. The summed E-state index contributed by atoms with van der Waals surface area (Å²) in [5.74, 6) is 0.603. The van der Waals surface area contributed by atoms with Crippen molar-refractivity contribution in [3.05, 3.63) is 12.0 Å². The van der Waals surface area contributed by atoms with Crippen LogP contribution < -0.4 is 5.32 Å². The van der Waals surface area contributed by atoms with Gasteiger partial charge in [0.2, 0.25) is 5.91 Å². The highest BCUT2D eigenvalue weighted by molar-refractivity contribution is 5.86. The van der Waals surface area contributed by atoms with E-state index in [9.17, 15) is 22.4 Å². The molecule has 4 aliphatic heterocycles. The summed E-state index contributed by atoms with van der Waals surface area (Å²) < 4.78 is 55.7. The van der Waals surface area contributed by atoms with Crippen LogP contribution >= 0.6 is 0 Å². The van der Waals surface area contributed by atoms with Crippen LogP contribution in [0.5, 0.6) is 0 Å². The highest BCUT2D eigenvalue weighted by atomic mass is 19.4. The molecule has 6 unspecified atom stereocenters. The molecule has 1 amide bonds. The van der Waals surface area contributed by atoms with Gasteiger partial charge in [0.1, 0.15) is 25.6 Å². The molecular formula is C20H27F4N5O2. The third kappa shape index (κ3) is 4.86. The van der Waals surface area contributed by atoms with Gasteiger partial charge < -0.3 is 15.0 Å². The lowest BCUT2D eigenvalue weighted by Crippen LogP contribution is -2.54. The van der Waals surface area contributed by atoms with Crippen LogP contribution in [0.25, 0.3) is 0 Å². The Hall–Kier alpha value is -2.17. The summed E-state index contributed by atoms with van der Waals surface area (Å²) in [6.07, 6.45) is 1.96. The smallest absolute Gasteiger partial charge is 0.407 e. The summed E-state index contributed by atoms with van der Waals surface area (Å²) in [5, 5.41) is 8.39. The fourth-order valence-corrected chi connectivity index (χ4v) is 5.12. The second-order valence-electron chi connectivity index (χ2n) is 8.70.